The molecule has 0 radical (unpaired) electrons. The van der Waals surface area contributed by atoms with E-state index in [1.54, 1.807) is 19.3 Å². The molecule has 0 amide bonds. The van der Waals surface area contributed by atoms with Crippen molar-refractivity contribution < 1.29 is 9.53 Å². The topological polar surface area (TPSA) is 90.1 Å². The van der Waals surface area contributed by atoms with Gasteiger partial charge in [0, 0.05) is 18.9 Å². The van der Waals surface area contributed by atoms with Crippen molar-refractivity contribution in [1.29, 1.82) is 0 Å². The average Bonchev–Trinajstić information content (AvgIpc) is 2.79. The molecular weight excluding hydrogens is 276 g/mol. The number of anilines is 2. The molecule has 0 saturated heterocycles. The smallest absolute Gasteiger partial charge is 0.344 e. The van der Waals surface area contributed by atoms with Crippen LogP contribution in [0.25, 0.3) is 0 Å². The van der Waals surface area contributed by atoms with E-state index in [9.17, 15) is 4.79 Å². The second kappa shape index (κ2) is 6.33. The van der Waals surface area contributed by atoms with Crippen LogP contribution in [0.2, 0.25) is 0 Å². The fraction of sp³-hybridized carbons (Fsp3) is 0.308. The highest BCUT2D eigenvalue weighted by atomic mass is 32.1. The van der Waals surface area contributed by atoms with Gasteiger partial charge in [-0.25, -0.2) is 4.79 Å². The lowest BCUT2D eigenvalue weighted by molar-refractivity contribution is 0.0529. The van der Waals surface area contributed by atoms with Gasteiger partial charge in [-0.1, -0.05) is 0 Å². The van der Waals surface area contributed by atoms with Gasteiger partial charge in [-0.05, 0) is 42.6 Å². The molecule has 0 aliphatic rings. The van der Waals surface area contributed by atoms with Crippen molar-refractivity contribution in [2.75, 3.05) is 17.7 Å². The third-order valence-corrected chi connectivity index (χ3v) is 3.60. The minimum Gasteiger partial charge on any atom is -0.462 e. The van der Waals surface area contributed by atoms with Gasteiger partial charge in [0.1, 0.15) is 10.6 Å². The molecule has 3 N–H and O–H groups in total. The number of nitrogens with zero attached hydrogens (tertiary/aromatic N) is 2. The molecule has 0 fully saturated rings. The van der Waals surface area contributed by atoms with Crippen molar-refractivity contribution in [2.24, 2.45) is 0 Å². The van der Waals surface area contributed by atoms with Crippen LogP contribution in [0.4, 0.5) is 10.8 Å². The van der Waals surface area contributed by atoms with Crippen LogP contribution in [0, 0.1) is 6.92 Å². The maximum atomic E-state index is 11.8. The third-order valence-electron chi connectivity index (χ3n) is 2.78. The summed E-state index contributed by atoms with van der Waals surface area (Å²) in [5.74, 6) is -0.261. The number of hydrogen-bond acceptors (Lipinski definition) is 7. The van der Waals surface area contributed by atoms with Crippen LogP contribution < -0.4 is 11.1 Å². The van der Waals surface area contributed by atoms with Crippen molar-refractivity contribution in [3.8, 4) is 0 Å². The number of carbonyl (C=O) groups excluding carboxylic acids is 1. The minimum atomic E-state index is -0.454. The lowest BCUT2D eigenvalue weighted by Crippen LogP contribution is -2.10. The highest BCUT2D eigenvalue weighted by molar-refractivity contribution is 7.11. The van der Waals surface area contributed by atoms with E-state index in [2.05, 4.69) is 14.7 Å². The molecule has 7 heteroatoms. The van der Waals surface area contributed by atoms with Gasteiger partial charge >= 0.3 is 5.97 Å². The predicted molar refractivity (Wildman–Crippen MR) is 78.8 cm³/mol. The van der Waals surface area contributed by atoms with Crippen molar-refractivity contribution in [2.45, 2.75) is 20.4 Å². The van der Waals surface area contributed by atoms with Gasteiger partial charge in [-0.15, -0.1) is 0 Å². The highest BCUT2D eigenvalue weighted by Gasteiger charge is 2.20. The minimum absolute atomic E-state index is 0.193. The SMILES string of the molecule is CCOC(=O)c1c(N)nsc1NCc1cnccc1C. The predicted octanol–water partition coefficient (Wildman–Crippen LogP) is 2.22. The molecule has 0 unspecified atom stereocenters. The van der Waals surface area contributed by atoms with Crippen LogP contribution in [0.3, 0.4) is 0 Å². The Hall–Kier alpha value is -2.15. The average molecular weight is 292 g/mol. The normalized spacial score (nSPS) is 10.3. The van der Waals surface area contributed by atoms with E-state index >= 15 is 0 Å². The summed E-state index contributed by atoms with van der Waals surface area (Å²) < 4.78 is 8.97. The number of nitrogen functional groups attached to an aromatic ring is 1. The number of aromatic nitrogens is 2. The number of pyridine rings is 1. The Kier molecular flexibility index (Phi) is 4.52. The summed E-state index contributed by atoms with van der Waals surface area (Å²) in [5, 5.41) is 3.78. The van der Waals surface area contributed by atoms with Gasteiger partial charge in [0.05, 0.1) is 6.61 Å². The summed E-state index contributed by atoms with van der Waals surface area (Å²) in [6.07, 6.45) is 3.53. The van der Waals surface area contributed by atoms with Gasteiger partial charge in [-0.2, -0.15) is 4.37 Å². The Morgan fingerprint density at radius 2 is 2.35 bits per heavy atom. The van der Waals surface area contributed by atoms with Gasteiger partial charge in [0.15, 0.2) is 5.82 Å². The summed E-state index contributed by atoms with van der Waals surface area (Å²) >= 11 is 1.15. The molecule has 0 bridgehead atoms. The van der Waals surface area contributed by atoms with E-state index in [1.807, 2.05) is 13.0 Å². The van der Waals surface area contributed by atoms with Crippen LogP contribution in [-0.4, -0.2) is 21.9 Å². The number of carbonyl (C=O) groups is 1. The van der Waals surface area contributed by atoms with Crippen molar-refractivity contribution >= 4 is 28.3 Å². The molecule has 0 saturated carbocycles. The Balaban J connectivity index is 2.14. The van der Waals surface area contributed by atoms with Gasteiger partial charge < -0.3 is 15.8 Å². The molecule has 0 aliphatic carbocycles. The Bertz CT molecular complexity index is 612. The summed E-state index contributed by atoms with van der Waals surface area (Å²) in [6, 6.07) is 1.93. The number of aryl methyl sites for hydroxylation is 1. The van der Waals surface area contributed by atoms with E-state index in [-0.39, 0.29) is 5.82 Å². The van der Waals surface area contributed by atoms with E-state index < -0.39 is 5.97 Å². The molecule has 0 spiro atoms. The molecule has 2 rings (SSSR count). The number of nitrogens with one attached hydrogen (secondary N) is 1. The maximum absolute atomic E-state index is 11.8. The summed E-state index contributed by atoms with van der Waals surface area (Å²) in [6.45, 7) is 4.61. The zero-order valence-electron chi connectivity index (χ0n) is 11.3. The standard InChI is InChI=1S/C13H16N4O2S/c1-3-19-13(18)10-11(14)17-20-12(10)16-7-9-6-15-5-4-8(9)2/h4-6,16H,3,7H2,1-2H3,(H2,14,17). The maximum Gasteiger partial charge on any atom is 0.344 e. The van der Waals surface area contributed by atoms with Crippen molar-refractivity contribution in [3.63, 3.8) is 0 Å². The number of esters is 1. The van der Waals surface area contributed by atoms with Crippen LogP contribution >= 0.6 is 11.5 Å². The molecule has 20 heavy (non-hydrogen) atoms. The number of nitrogens with two attached hydrogens (primary N) is 1. The number of hydrogen-bond donors (Lipinski definition) is 2. The van der Waals surface area contributed by atoms with Crippen LogP contribution in [0.15, 0.2) is 18.5 Å². The van der Waals surface area contributed by atoms with Gasteiger partial charge in [0.25, 0.3) is 0 Å². The fourth-order valence-corrected chi connectivity index (χ4v) is 2.38. The van der Waals surface area contributed by atoms with E-state index in [0.29, 0.717) is 23.7 Å². The summed E-state index contributed by atoms with van der Waals surface area (Å²) in [5.41, 5.74) is 8.20. The second-order valence-corrected chi connectivity index (χ2v) is 4.92. The molecule has 0 atom stereocenters. The van der Waals surface area contributed by atoms with E-state index in [4.69, 9.17) is 10.5 Å². The molecule has 106 valence electrons. The van der Waals surface area contributed by atoms with Crippen LogP contribution in [-0.2, 0) is 11.3 Å². The lowest BCUT2D eigenvalue weighted by Gasteiger charge is -2.08. The monoisotopic (exact) mass is 292 g/mol. The zero-order chi connectivity index (χ0) is 14.5. The number of ether oxygens (including phenoxy) is 1. The first-order chi connectivity index (χ1) is 9.63. The first-order valence-corrected chi connectivity index (χ1v) is 6.96. The quantitative estimate of drug-likeness (QED) is 0.821. The van der Waals surface area contributed by atoms with Gasteiger partial charge in [0.2, 0.25) is 0 Å². The van der Waals surface area contributed by atoms with Crippen LogP contribution in [0.1, 0.15) is 28.4 Å². The Labute approximate surface area is 121 Å². The summed E-state index contributed by atoms with van der Waals surface area (Å²) in [7, 11) is 0. The molecular formula is C13H16N4O2S. The fourth-order valence-electron chi connectivity index (χ4n) is 1.68. The molecule has 2 aromatic rings. The van der Waals surface area contributed by atoms with Crippen LogP contribution in [0.5, 0.6) is 0 Å². The van der Waals surface area contributed by atoms with Crippen molar-refractivity contribution in [1.82, 2.24) is 9.36 Å². The molecule has 0 aromatic carbocycles. The summed E-state index contributed by atoms with van der Waals surface area (Å²) in [4.78, 5) is 15.9. The number of rotatable bonds is 5. The highest BCUT2D eigenvalue weighted by Crippen LogP contribution is 2.28. The van der Waals surface area contributed by atoms with Crippen molar-refractivity contribution in [3.05, 3.63) is 35.2 Å². The van der Waals surface area contributed by atoms with E-state index in [1.165, 1.54) is 0 Å². The second-order valence-electron chi connectivity index (χ2n) is 4.15. The largest absolute Gasteiger partial charge is 0.462 e. The Morgan fingerprint density at radius 3 is 3.05 bits per heavy atom. The Morgan fingerprint density at radius 1 is 1.55 bits per heavy atom. The molecule has 0 aliphatic heterocycles. The molecule has 2 heterocycles. The first-order valence-electron chi connectivity index (χ1n) is 6.19. The first kappa shape index (κ1) is 14.3. The lowest BCUT2D eigenvalue weighted by atomic mass is 10.1. The zero-order valence-corrected chi connectivity index (χ0v) is 12.2. The third kappa shape index (κ3) is 3.05. The molecule has 2 aromatic heterocycles. The van der Waals surface area contributed by atoms with Gasteiger partial charge in [-0.3, -0.25) is 4.98 Å². The van der Waals surface area contributed by atoms with E-state index in [0.717, 1.165) is 22.7 Å². The molecule has 6 nitrogen and oxygen atoms in total.